The molecule has 0 atom stereocenters. The van der Waals surface area contributed by atoms with Gasteiger partial charge in [-0.2, -0.15) is 4.99 Å². The maximum atomic E-state index is 12.6. The molecule has 0 bridgehead atoms. The fraction of sp³-hybridized carbons (Fsp3) is 0.471. The van der Waals surface area contributed by atoms with Crippen molar-refractivity contribution in [1.29, 1.82) is 5.41 Å². The van der Waals surface area contributed by atoms with Gasteiger partial charge in [-0.25, -0.2) is 4.79 Å². The van der Waals surface area contributed by atoms with Gasteiger partial charge in [-0.1, -0.05) is 22.9 Å². The van der Waals surface area contributed by atoms with Crippen LogP contribution in [0.1, 0.15) is 31.7 Å². The first-order valence-electron chi connectivity index (χ1n) is 8.44. The molecule has 1 aromatic carbocycles. The third kappa shape index (κ3) is 5.19. The zero-order chi connectivity index (χ0) is 18.4. The molecule has 2 amide bonds. The van der Waals surface area contributed by atoms with Crippen molar-refractivity contribution >= 4 is 39.6 Å². The van der Waals surface area contributed by atoms with Crippen LogP contribution in [0.2, 0.25) is 0 Å². The second-order valence-corrected chi connectivity index (χ2v) is 6.94. The number of nitrogens with two attached hydrogens (primary N) is 1. The number of halogens is 1. The summed E-state index contributed by atoms with van der Waals surface area (Å²) < 4.78 is 0.964. The van der Waals surface area contributed by atoms with Crippen molar-refractivity contribution in [2.45, 2.75) is 33.1 Å². The van der Waals surface area contributed by atoms with Crippen molar-refractivity contribution in [3.8, 4) is 0 Å². The molecule has 0 aromatic heterocycles. The number of hydrogen-bond donors (Lipinski definition) is 3. The van der Waals surface area contributed by atoms with Gasteiger partial charge in [0.05, 0.1) is 0 Å². The molecule has 1 saturated heterocycles. The Kier molecular flexibility index (Phi) is 6.81. The number of likely N-dealkylation sites (tertiary alicyclic amines) is 1. The van der Waals surface area contributed by atoms with E-state index in [0.29, 0.717) is 6.54 Å². The van der Waals surface area contributed by atoms with E-state index in [1.807, 2.05) is 36.9 Å². The molecule has 1 aliphatic heterocycles. The van der Waals surface area contributed by atoms with Crippen LogP contribution in [0.15, 0.2) is 27.7 Å². The molecule has 1 aliphatic rings. The Bertz CT molecular complexity index is 669. The number of rotatable bonds is 3. The molecule has 2 rings (SSSR count). The average molecular weight is 409 g/mol. The molecular formula is C17H25BrN6O. The largest absolute Gasteiger partial charge is 0.369 e. The number of aliphatic imine (C=N–C) groups is 1. The molecule has 0 spiro atoms. The van der Waals surface area contributed by atoms with Crippen LogP contribution in [0.4, 0.5) is 10.5 Å². The lowest BCUT2D eigenvalue weighted by atomic mass is 10.2. The van der Waals surface area contributed by atoms with E-state index in [1.165, 1.54) is 0 Å². The summed E-state index contributed by atoms with van der Waals surface area (Å²) in [6.07, 6.45) is 2.91. The highest BCUT2D eigenvalue weighted by molar-refractivity contribution is 9.10. The molecule has 1 aromatic rings. The van der Waals surface area contributed by atoms with Crippen LogP contribution in [0.3, 0.4) is 0 Å². The summed E-state index contributed by atoms with van der Waals surface area (Å²) >= 11 is 3.43. The predicted molar refractivity (Wildman–Crippen MR) is 105 cm³/mol. The first-order valence-corrected chi connectivity index (χ1v) is 9.24. The van der Waals surface area contributed by atoms with Gasteiger partial charge >= 0.3 is 6.03 Å². The van der Waals surface area contributed by atoms with Gasteiger partial charge in [-0.15, -0.1) is 0 Å². The fourth-order valence-corrected chi connectivity index (χ4v) is 3.27. The first kappa shape index (κ1) is 19.2. The Morgan fingerprint density at radius 1 is 1.44 bits per heavy atom. The standard InChI is InChI=1S/C17H25BrN6O/c1-3-8-24(14-7-6-13(18)11-12(14)2)17(25)22-15(19)21-16(20)23-9-4-5-10-23/h6-7,11H,3-5,8-10H2,1-2H3,(H4,19,20,21,22,25). The van der Waals surface area contributed by atoms with Crippen LogP contribution >= 0.6 is 15.9 Å². The molecule has 136 valence electrons. The number of aryl methyl sites for hydroxylation is 1. The minimum atomic E-state index is -0.345. The molecule has 1 heterocycles. The molecule has 25 heavy (non-hydrogen) atoms. The second-order valence-electron chi connectivity index (χ2n) is 6.03. The van der Waals surface area contributed by atoms with Gasteiger partial charge in [0.1, 0.15) is 0 Å². The molecule has 0 radical (unpaired) electrons. The van der Waals surface area contributed by atoms with Crippen LogP contribution in [0, 0.1) is 12.3 Å². The highest BCUT2D eigenvalue weighted by Gasteiger charge is 2.19. The zero-order valence-corrected chi connectivity index (χ0v) is 16.3. The molecule has 7 nitrogen and oxygen atoms in total. The molecule has 0 saturated carbocycles. The van der Waals surface area contributed by atoms with Crippen molar-refractivity contribution in [2.24, 2.45) is 10.7 Å². The third-order valence-corrected chi connectivity index (χ3v) is 4.50. The quantitative estimate of drug-likeness (QED) is 0.529. The minimum Gasteiger partial charge on any atom is -0.369 e. The summed E-state index contributed by atoms with van der Waals surface area (Å²) in [4.78, 5) is 20.1. The lowest BCUT2D eigenvalue weighted by molar-refractivity contribution is 0.250. The maximum Gasteiger partial charge on any atom is 0.328 e. The summed E-state index contributed by atoms with van der Waals surface area (Å²) in [6.45, 7) is 6.14. The van der Waals surface area contributed by atoms with Gasteiger partial charge in [-0.05, 0) is 49.9 Å². The van der Waals surface area contributed by atoms with Crippen molar-refractivity contribution < 1.29 is 4.79 Å². The van der Waals surface area contributed by atoms with Crippen LogP contribution in [0.25, 0.3) is 0 Å². The normalized spacial score (nSPS) is 14.5. The Labute approximate surface area is 156 Å². The molecule has 4 N–H and O–H groups in total. The second kappa shape index (κ2) is 8.84. The number of guanidine groups is 2. The summed E-state index contributed by atoms with van der Waals surface area (Å²) in [7, 11) is 0. The lowest BCUT2D eigenvalue weighted by Crippen LogP contribution is -2.47. The fourth-order valence-electron chi connectivity index (χ4n) is 2.80. The monoisotopic (exact) mass is 408 g/mol. The number of nitrogens with zero attached hydrogens (tertiary/aromatic N) is 3. The van der Waals surface area contributed by atoms with Crippen molar-refractivity contribution in [3.05, 3.63) is 28.2 Å². The Balaban J connectivity index is 2.10. The first-order chi connectivity index (χ1) is 11.9. The Hall–Kier alpha value is -2.09. The molecule has 1 fully saturated rings. The lowest BCUT2D eigenvalue weighted by Gasteiger charge is -2.24. The summed E-state index contributed by atoms with van der Waals surface area (Å²) in [6, 6.07) is 5.42. The van der Waals surface area contributed by atoms with E-state index in [1.54, 1.807) is 4.90 Å². The van der Waals surface area contributed by atoms with E-state index in [4.69, 9.17) is 11.1 Å². The average Bonchev–Trinajstić information content (AvgIpc) is 3.07. The molecule has 0 unspecified atom stereocenters. The summed E-state index contributed by atoms with van der Waals surface area (Å²) in [5.74, 6) is 0.0370. The zero-order valence-electron chi connectivity index (χ0n) is 14.7. The van der Waals surface area contributed by atoms with E-state index in [-0.39, 0.29) is 18.0 Å². The number of benzene rings is 1. The van der Waals surface area contributed by atoms with Gasteiger partial charge in [-0.3, -0.25) is 15.6 Å². The number of nitrogens with one attached hydrogen (secondary N) is 2. The van der Waals surface area contributed by atoms with Crippen molar-refractivity contribution in [3.63, 3.8) is 0 Å². The number of anilines is 1. The third-order valence-electron chi connectivity index (χ3n) is 4.01. The topological polar surface area (TPSA) is 97.8 Å². The summed E-state index contributed by atoms with van der Waals surface area (Å²) in [5.41, 5.74) is 7.64. The van der Waals surface area contributed by atoms with E-state index in [9.17, 15) is 4.79 Å². The number of urea groups is 1. The van der Waals surface area contributed by atoms with E-state index < -0.39 is 0 Å². The molecule has 8 heteroatoms. The SMILES string of the molecule is CCCN(C(=O)N/C(N)=N/C(=N)N1CCCC1)c1ccc(Br)cc1C. The van der Waals surface area contributed by atoms with Crippen molar-refractivity contribution in [1.82, 2.24) is 10.2 Å². The van der Waals surface area contributed by atoms with Crippen LogP contribution < -0.4 is 16.0 Å². The predicted octanol–water partition coefficient (Wildman–Crippen LogP) is 3.03. The van der Waals surface area contributed by atoms with Gasteiger partial charge in [0, 0.05) is 29.8 Å². The van der Waals surface area contributed by atoms with Crippen LogP contribution in [-0.4, -0.2) is 42.5 Å². The number of amides is 2. The van der Waals surface area contributed by atoms with E-state index in [2.05, 4.69) is 26.2 Å². The van der Waals surface area contributed by atoms with Crippen molar-refractivity contribution in [2.75, 3.05) is 24.5 Å². The maximum absolute atomic E-state index is 12.6. The highest BCUT2D eigenvalue weighted by Crippen LogP contribution is 2.24. The Morgan fingerprint density at radius 3 is 2.72 bits per heavy atom. The number of carbonyl (C=O) groups is 1. The molecule has 0 aliphatic carbocycles. The summed E-state index contributed by atoms with van der Waals surface area (Å²) in [5, 5.41) is 10.6. The van der Waals surface area contributed by atoms with Crippen LogP contribution in [0.5, 0.6) is 0 Å². The minimum absolute atomic E-state index is 0.0576. The van der Waals surface area contributed by atoms with Gasteiger partial charge in [0.15, 0.2) is 0 Å². The van der Waals surface area contributed by atoms with Gasteiger partial charge in [0.25, 0.3) is 0 Å². The van der Waals surface area contributed by atoms with E-state index in [0.717, 1.165) is 48.1 Å². The number of carbonyl (C=O) groups excluding carboxylic acids is 1. The van der Waals surface area contributed by atoms with Gasteiger partial charge in [0.2, 0.25) is 11.9 Å². The Morgan fingerprint density at radius 2 is 2.12 bits per heavy atom. The smallest absolute Gasteiger partial charge is 0.328 e. The highest BCUT2D eigenvalue weighted by atomic mass is 79.9. The van der Waals surface area contributed by atoms with E-state index >= 15 is 0 Å². The number of hydrogen-bond acceptors (Lipinski definition) is 2. The van der Waals surface area contributed by atoms with Crippen LogP contribution in [-0.2, 0) is 0 Å². The molecular weight excluding hydrogens is 384 g/mol. The van der Waals surface area contributed by atoms with Gasteiger partial charge < -0.3 is 10.6 Å².